The molecular formula is C24H26O5. The molecule has 5 nitrogen and oxygen atoms in total. The molecule has 0 saturated carbocycles. The molecule has 5 heteroatoms. The molecule has 0 bridgehead atoms. The summed E-state index contributed by atoms with van der Waals surface area (Å²) >= 11 is 0. The molecule has 0 aliphatic heterocycles. The van der Waals surface area contributed by atoms with E-state index in [4.69, 9.17) is 23.7 Å². The van der Waals surface area contributed by atoms with Gasteiger partial charge in [-0.25, -0.2) is 0 Å². The van der Waals surface area contributed by atoms with Crippen LogP contribution in [0.3, 0.4) is 0 Å². The summed E-state index contributed by atoms with van der Waals surface area (Å²) in [4.78, 5) is 0. The maximum absolute atomic E-state index is 6.02. The fourth-order valence-electron chi connectivity index (χ4n) is 3.01. The van der Waals surface area contributed by atoms with Gasteiger partial charge >= 0.3 is 0 Å². The van der Waals surface area contributed by atoms with Crippen LogP contribution in [0.4, 0.5) is 0 Å². The minimum atomic E-state index is 0.388. The molecule has 0 saturated heterocycles. The van der Waals surface area contributed by atoms with Crippen LogP contribution in [0.2, 0.25) is 0 Å². The van der Waals surface area contributed by atoms with Crippen molar-refractivity contribution < 1.29 is 23.7 Å². The topological polar surface area (TPSA) is 46.2 Å². The first-order valence-corrected chi connectivity index (χ1v) is 9.33. The SMILES string of the molecule is COc1cc(C)cc(COc2ccccc2OCc2ccc(OC)c(OC)c2)c1. The highest BCUT2D eigenvalue weighted by Gasteiger charge is 2.09. The van der Waals surface area contributed by atoms with Crippen LogP contribution in [0.1, 0.15) is 16.7 Å². The second kappa shape index (κ2) is 9.73. The van der Waals surface area contributed by atoms with Crippen molar-refractivity contribution >= 4 is 0 Å². The van der Waals surface area contributed by atoms with Crippen LogP contribution in [0.5, 0.6) is 28.7 Å². The van der Waals surface area contributed by atoms with Crippen LogP contribution in [-0.4, -0.2) is 21.3 Å². The zero-order chi connectivity index (χ0) is 20.6. The minimum absolute atomic E-state index is 0.388. The van der Waals surface area contributed by atoms with E-state index < -0.39 is 0 Å². The van der Waals surface area contributed by atoms with Gasteiger partial charge in [-0.15, -0.1) is 0 Å². The van der Waals surface area contributed by atoms with Gasteiger partial charge in [0, 0.05) is 0 Å². The van der Waals surface area contributed by atoms with Crippen molar-refractivity contribution in [1.82, 2.24) is 0 Å². The molecule has 0 atom stereocenters. The van der Waals surface area contributed by atoms with Crippen molar-refractivity contribution in [2.24, 2.45) is 0 Å². The molecule has 3 rings (SSSR count). The Kier molecular flexibility index (Phi) is 6.85. The molecule has 0 fully saturated rings. The minimum Gasteiger partial charge on any atom is -0.497 e. The zero-order valence-corrected chi connectivity index (χ0v) is 17.2. The predicted octanol–water partition coefficient (Wildman–Crippen LogP) is 5.18. The van der Waals surface area contributed by atoms with E-state index in [-0.39, 0.29) is 0 Å². The van der Waals surface area contributed by atoms with Crippen LogP contribution < -0.4 is 23.7 Å². The second-order valence-corrected chi connectivity index (χ2v) is 6.57. The van der Waals surface area contributed by atoms with Crippen molar-refractivity contribution in [3.8, 4) is 28.7 Å². The van der Waals surface area contributed by atoms with E-state index in [0.29, 0.717) is 36.2 Å². The van der Waals surface area contributed by atoms with Gasteiger partial charge in [-0.1, -0.05) is 24.3 Å². The van der Waals surface area contributed by atoms with E-state index in [2.05, 4.69) is 6.07 Å². The third kappa shape index (κ3) is 5.35. The van der Waals surface area contributed by atoms with Gasteiger partial charge in [0.1, 0.15) is 19.0 Å². The number of hydrogen-bond donors (Lipinski definition) is 0. The Morgan fingerprint density at radius 1 is 0.586 bits per heavy atom. The summed E-state index contributed by atoms with van der Waals surface area (Å²) in [6, 6.07) is 19.4. The van der Waals surface area contributed by atoms with Crippen molar-refractivity contribution in [2.45, 2.75) is 20.1 Å². The zero-order valence-electron chi connectivity index (χ0n) is 17.2. The molecule has 29 heavy (non-hydrogen) atoms. The highest BCUT2D eigenvalue weighted by Crippen LogP contribution is 2.31. The molecule has 0 radical (unpaired) electrons. The molecule has 0 aromatic heterocycles. The summed E-state index contributed by atoms with van der Waals surface area (Å²) in [6.07, 6.45) is 0. The van der Waals surface area contributed by atoms with E-state index in [1.165, 1.54) is 0 Å². The van der Waals surface area contributed by atoms with Gasteiger partial charge in [0.05, 0.1) is 21.3 Å². The number of hydrogen-bond acceptors (Lipinski definition) is 5. The van der Waals surface area contributed by atoms with E-state index in [9.17, 15) is 0 Å². The van der Waals surface area contributed by atoms with Gasteiger partial charge in [-0.3, -0.25) is 0 Å². The largest absolute Gasteiger partial charge is 0.497 e. The lowest BCUT2D eigenvalue weighted by Gasteiger charge is -2.14. The van der Waals surface area contributed by atoms with Gasteiger partial charge < -0.3 is 23.7 Å². The normalized spacial score (nSPS) is 10.3. The molecule has 0 amide bonds. The van der Waals surface area contributed by atoms with Crippen LogP contribution >= 0.6 is 0 Å². The third-order valence-corrected chi connectivity index (χ3v) is 4.43. The lowest BCUT2D eigenvalue weighted by atomic mass is 10.1. The fraction of sp³-hybridized carbons (Fsp3) is 0.250. The Morgan fingerprint density at radius 2 is 1.24 bits per heavy atom. The second-order valence-electron chi connectivity index (χ2n) is 6.57. The predicted molar refractivity (Wildman–Crippen MR) is 112 cm³/mol. The maximum atomic E-state index is 6.02. The number of rotatable bonds is 9. The molecule has 0 aliphatic rings. The van der Waals surface area contributed by atoms with E-state index in [1.807, 2.05) is 61.5 Å². The Balaban J connectivity index is 1.68. The Labute approximate surface area is 171 Å². The van der Waals surface area contributed by atoms with Crippen LogP contribution in [0.15, 0.2) is 60.7 Å². The van der Waals surface area contributed by atoms with E-state index >= 15 is 0 Å². The maximum Gasteiger partial charge on any atom is 0.161 e. The van der Waals surface area contributed by atoms with Crippen molar-refractivity contribution in [3.05, 3.63) is 77.4 Å². The molecule has 0 heterocycles. The third-order valence-electron chi connectivity index (χ3n) is 4.43. The molecule has 3 aromatic carbocycles. The first kappa shape index (κ1) is 20.4. The van der Waals surface area contributed by atoms with E-state index in [0.717, 1.165) is 22.4 Å². The van der Waals surface area contributed by atoms with Gasteiger partial charge in [0.25, 0.3) is 0 Å². The van der Waals surface area contributed by atoms with Gasteiger partial charge in [-0.2, -0.15) is 0 Å². The van der Waals surface area contributed by atoms with E-state index in [1.54, 1.807) is 21.3 Å². The summed E-state index contributed by atoms with van der Waals surface area (Å²) in [6.45, 7) is 2.85. The molecule has 0 unspecified atom stereocenters. The van der Waals surface area contributed by atoms with Gasteiger partial charge in [0.15, 0.2) is 23.0 Å². The molecule has 152 valence electrons. The highest BCUT2D eigenvalue weighted by molar-refractivity contribution is 5.44. The summed E-state index contributed by atoms with van der Waals surface area (Å²) in [5.74, 6) is 3.55. The Bertz CT molecular complexity index is 952. The number of methoxy groups -OCH3 is 3. The first-order chi connectivity index (χ1) is 14.1. The monoisotopic (exact) mass is 394 g/mol. The Morgan fingerprint density at radius 3 is 1.86 bits per heavy atom. The number of aryl methyl sites for hydroxylation is 1. The first-order valence-electron chi connectivity index (χ1n) is 9.33. The standard InChI is InChI=1S/C24H26O5/c1-17-11-19(13-20(12-17)25-2)16-29-23-8-6-5-7-22(23)28-15-18-9-10-21(26-3)24(14-18)27-4/h5-14H,15-16H2,1-4H3. The molecule has 0 aliphatic carbocycles. The summed E-state index contributed by atoms with van der Waals surface area (Å²) in [5, 5.41) is 0. The van der Waals surface area contributed by atoms with Gasteiger partial charge in [0.2, 0.25) is 0 Å². The van der Waals surface area contributed by atoms with Crippen LogP contribution in [0.25, 0.3) is 0 Å². The van der Waals surface area contributed by atoms with Crippen molar-refractivity contribution in [3.63, 3.8) is 0 Å². The average molecular weight is 394 g/mol. The number of para-hydroxylation sites is 2. The highest BCUT2D eigenvalue weighted by atomic mass is 16.5. The summed E-state index contributed by atoms with van der Waals surface area (Å²) in [7, 11) is 4.90. The lowest BCUT2D eigenvalue weighted by molar-refractivity contribution is 0.255. The Hall–Kier alpha value is -3.34. The number of ether oxygens (including phenoxy) is 5. The number of benzene rings is 3. The van der Waals surface area contributed by atoms with Crippen molar-refractivity contribution in [2.75, 3.05) is 21.3 Å². The fourth-order valence-corrected chi connectivity index (χ4v) is 3.01. The van der Waals surface area contributed by atoms with Gasteiger partial charge in [-0.05, 0) is 60.0 Å². The molecule has 3 aromatic rings. The lowest BCUT2D eigenvalue weighted by Crippen LogP contribution is -2.01. The smallest absolute Gasteiger partial charge is 0.161 e. The van der Waals surface area contributed by atoms with Crippen molar-refractivity contribution in [1.29, 1.82) is 0 Å². The average Bonchev–Trinajstić information content (AvgIpc) is 2.76. The summed E-state index contributed by atoms with van der Waals surface area (Å²) < 4.78 is 28.0. The quantitative estimate of drug-likeness (QED) is 0.500. The molecule has 0 N–H and O–H groups in total. The molecular weight excluding hydrogens is 368 g/mol. The van der Waals surface area contributed by atoms with Crippen LogP contribution in [-0.2, 0) is 13.2 Å². The molecule has 0 spiro atoms. The van der Waals surface area contributed by atoms with Crippen LogP contribution in [0, 0.1) is 6.92 Å². The summed E-state index contributed by atoms with van der Waals surface area (Å²) in [5.41, 5.74) is 3.14.